The van der Waals surface area contributed by atoms with Crippen LogP contribution < -0.4 is 4.74 Å². The lowest BCUT2D eigenvalue weighted by molar-refractivity contribution is 0.121. The van der Waals surface area contributed by atoms with Crippen LogP contribution in [0.4, 0.5) is 0 Å². The maximum atomic E-state index is 9.09. The molecule has 0 heterocycles. The molecule has 1 aromatic rings. The number of nitrogens with zero attached hydrogens (tertiary/aromatic N) is 1. The highest BCUT2D eigenvalue weighted by Gasteiger charge is 2.22. The molecule has 0 saturated heterocycles. The van der Waals surface area contributed by atoms with Crippen molar-refractivity contribution in [3.8, 4) is 11.8 Å². The van der Waals surface area contributed by atoms with Crippen molar-refractivity contribution in [2.45, 2.75) is 45.1 Å². The molecule has 1 aromatic carbocycles. The Morgan fingerprint density at radius 2 is 2.28 bits per heavy atom. The quantitative estimate of drug-likeness (QED) is 0.813. The molecule has 0 radical (unpaired) electrons. The predicted octanol–water partition coefficient (Wildman–Crippen LogP) is 4.67. The zero-order valence-corrected chi connectivity index (χ0v) is 12.2. The van der Waals surface area contributed by atoms with Gasteiger partial charge in [0.1, 0.15) is 11.8 Å². The number of nitriles is 1. The highest BCUT2D eigenvalue weighted by Crippen LogP contribution is 2.31. The summed E-state index contributed by atoms with van der Waals surface area (Å²) in [5, 5.41) is 9.09. The molecule has 2 atom stereocenters. The molecule has 0 bridgehead atoms. The number of benzene rings is 1. The summed E-state index contributed by atoms with van der Waals surface area (Å²) in [5.74, 6) is 1.50. The Kier molecular flexibility index (Phi) is 4.66. The average molecular weight is 308 g/mol. The maximum absolute atomic E-state index is 9.09. The second-order valence-electron chi connectivity index (χ2n) is 4.93. The molecular weight excluding hydrogens is 290 g/mol. The van der Waals surface area contributed by atoms with Gasteiger partial charge in [0.2, 0.25) is 0 Å². The smallest absolute Gasteiger partial charge is 0.138 e. The molecule has 1 aliphatic carbocycles. The second-order valence-corrected chi connectivity index (χ2v) is 5.85. The molecule has 0 aromatic heterocycles. The second kappa shape index (κ2) is 6.24. The zero-order chi connectivity index (χ0) is 13.0. The number of rotatable bonds is 3. The van der Waals surface area contributed by atoms with Crippen molar-refractivity contribution in [3.63, 3.8) is 0 Å². The van der Waals surface area contributed by atoms with Gasteiger partial charge in [0.05, 0.1) is 11.7 Å². The molecule has 3 heteroatoms. The van der Waals surface area contributed by atoms with Crippen LogP contribution in [-0.4, -0.2) is 6.10 Å². The Hall–Kier alpha value is -1.01. The van der Waals surface area contributed by atoms with Crippen LogP contribution in [0.15, 0.2) is 22.7 Å². The summed E-state index contributed by atoms with van der Waals surface area (Å²) in [6.45, 7) is 2.24. The van der Waals surface area contributed by atoms with Crippen molar-refractivity contribution in [1.82, 2.24) is 0 Å². The minimum atomic E-state index is 0.269. The first-order valence-corrected chi connectivity index (χ1v) is 7.38. The summed E-state index contributed by atoms with van der Waals surface area (Å²) in [7, 11) is 0. The number of ether oxygens (including phenoxy) is 1. The third-order valence-corrected chi connectivity index (χ3v) is 4.16. The minimum Gasteiger partial charge on any atom is -0.489 e. The molecule has 96 valence electrons. The fourth-order valence-corrected chi connectivity index (χ4v) is 2.93. The summed E-state index contributed by atoms with van der Waals surface area (Å²) in [4.78, 5) is 0. The minimum absolute atomic E-state index is 0.269. The van der Waals surface area contributed by atoms with Crippen molar-refractivity contribution >= 4 is 15.9 Å². The van der Waals surface area contributed by atoms with Crippen LogP contribution in [0.1, 0.15) is 44.6 Å². The first kappa shape index (κ1) is 13.4. The van der Waals surface area contributed by atoms with Crippen LogP contribution in [0.25, 0.3) is 0 Å². The highest BCUT2D eigenvalue weighted by molar-refractivity contribution is 9.10. The van der Waals surface area contributed by atoms with Gasteiger partial charge in [-0.1, -0.05) is 35.7 Å². The van der Waals surface area contributed by atoms with E-state index in [4.69, 9.17) is 10.00 Å². The van der Waals surface area contributed by atoms with Gasteiger partial charge in [-0.05, 0) is 43.4 Å². The van der Waals surface area contributed by atoms with Crippen LogP contribution in [0, 0.1) is 17.2 Å². The Labute approximate surface area is 117 Å². The lowest BCUT2D eigenvalue weighted by Crippen LogP contribution is -2.25. The number of halogens is 1. The Bertz CT molecular complexity index is 452. The molecule has 0 amide bonds. The van der Waals surface area contributed by atoms with E-state index in [0.717, 1.165) is 23.2 Å². The molecule has 1 saturated carbocycles. The van der Waals surface area contributed by atoms with Gasteiger partial charge >= 0.3 is 0 Å². The van der Waals surface area contributed by atoms with Gasteiger partial charge in [0.15, 0.2) is 0 Å². The van der Waals surface area contributed by atoms with Crippen molar-refractivity contribution in [3.05, 3.63) is 28.2 Å². The first-order chi connectivity index (χ1) is 8.72. The third kappa shape index (κ3) is 3.26. The van der Waals surface area contributed by atoms with Gasteiger partial charge in [-0.15, -0.1) is 0 Å². The molecule has 1 fully saturated rings. The molecule has 1 aliphatic rings. The fraction of sp³-hybridized carbons (Fsp3) is 0.533. The van der Waals surface area contributed by atoms with E-state index >= 15 is 0 Å². The molecule has 18 heavy (non-hydrogen) atoms. The number of hydrogen-bond acceptors (Lipinski definition) is 2. The van der Waals surface area contributed by atoms with E-state index < -0.39 is 0 Å². The first-order valence-electron chi connectivity index (χ1n) is 6.59. The molecule has 0 aliphatic heterocycles. The Balaban J connectivity index is 2.09. The van der Waals surface area contributed by atoms with Crippen LogP contribution in [0.3, 0.4) is 0 Å². The van der Waals surface area contributed by atoms with Crippen LogP contribution >= 0.6 is 15.9 Å². The monoisotopic (exact) mass is 307 g/mol. The highest BCUT2D eigenvalue weighted by atomic mass is 79.9. The summed E-state index contributed by atoms with van der Waals surface area (Å²) in [6, 6.07) is 7.77. The summed E-state index contributed by atoms with van der Waals surface area (Å²) in [6.07, 6.45) is 6.27. The molecule has 2 unspecified atom stereocenters. The van der Waals surface area contributed by atoms with E-state index in [1.54, 1.807) is 6.07 Å². The van der Waals surface area contributed by atoms with Crippen molar-refractivity contribution in [2.24, 2.45) is 5.92 Å². The zero-order valence-electron chi connectivity index (χ0n) is 10.7. The van der Waals surface area contributed by atoms with E-state index in [0.29, 0.717) is 11.3 Å². The van der Waals surface area contributed by atoms with Gasteiger partial charge < -0.3 is 4.74 Å². The summed E-state index contributed by atoms with van der Waals surface area (Å²) in [5.41, 5.74) is 0.622. The fourth-order valence-electron chi connectivity index (χ4n) is 2.59. The van der Waals surface area contributed by atoms with E-state index in [1.165, 1.54) is 19.3 Å². The third-order valence-electron chi connectivity index (χ3n) is 3.67. The standard InChI is InChI=1S/C15H18BrNO/c1-2-11-4-3-5-14(8-11)18-15-9-13(16)7-6-12(15)10-17/h6-7,9,11,14H,2-5,8H2,1H3. The van der Waals surface area contributed by atoms with Crippen molar-refractivity contribution < 1.29 is 4.74 Å². The van der Waals surface area contributed by atoms with Gasteiger partial charge in [0, 0.05) is 4.47 Å². The van der Waals surface area contributed by atoms with Crippen LogP contribution in [-0.2, 0) is 0 Å². The Morgan fingerprint density at radius 1 is 1.44 bits per heavy atom. The topological polar surface area (TPSA) is 33.0 Å². The van der Waals surface area contributed by atoms with E-state index in [9.17, 15) is 0 Å². The predicted molar refractivity (Wildman–Crippen MR) is 75.5 cm³/mol. The van der Waals surface area contributed by atoms with Crippen molar-refractivity contribution in [1.29, 1.82) is 5.26 Å². The van der Waals surface area contributed by atoms with Crippen LogP contribution in [0.5, 0.6) is 5.75 Å². The number of hydrogen-bond donors (Lipinski definition) is 0. The van der Waals surface area contributed by atoms with E-state index in [-0.39, 0.29) is 6.10 Å². The lowest BCUT2D eigenvalue weighted by Gasteiger charge is -2.29. The van der Waals surface area contributed by atoms with Gasteiger partial charge in [-0.2, -0.15) is 5.26 Å². The van der Waals surface area contributed by atoms with E-state index in [2.05, 4.69) is 28.9 Å². The normalized spacial score (nSPS) is 23.4. The van der Waals surface area contributed by atoms with Gasteiger partial charge in [-0.3, -0.25) is 0 Å². The average Bonchev–Trinajstić information content (AvgIpc) is 2.39. The van der Waals surface area contributed by atoms with Gasteiger partial charge in [-0.25, -0.2) is 0 Å². The van der Waals surface area contributed by atoms with Crippen LogP contribution in [0.2, 0.25) is 0 Å². The molecule has 0 N–H and O–H groups in total. The largest absolute Gasteiger partial charge is 0.489 e. The molecule has 2 nitrogen and oxygen atoms in total. The summed E-state index contributed by atoms with van der Waals surface area (Å²) < 4.78 is 7.00. The molecular formula is C15H18BrNO. The molecule has 2 rings (SSSR count). The SMILES string of the molecule is CCC1CCCC(Oc2cc(Br)ccc2C#N)C1. The summed E-state index contributed by atoms with van der Waals surface area (Å²) >= 11 is 3.43. The van der Waals surface area contributed by atoms with Gasteiger partial charge in [0.25, 0.3) is 0 Å². The van der Waals surface area contributed by atoms with E-state index in [1.807, 2.05) is 12.1 Å². The maximum Gasteiger partial charge on any atom is 0.138 e. The lowest BCUT2D eigenvalue weighted by atomic mass is 9.85. The van der Waals surface area contributed by atoms with Crippen molar-refractivity contribution in [2.75, 3.05) is 0 Å². The Morgan fingerprint density at radius 3 is 3.00 bits per heavy atom. The molecule has 0 spiro atoms.